The summed E-state index contributed by atoms with van der Waals surface area (Å²) in [5.41, 5.74) is 17.4. The van der Waals surface area contributed by atoms with Crippen molar-refractivity contribution in [3.63, 3.8) is 0 Å². The van der Waals surface area contributed by atoms with E-state index >= 15 is 0 Å². The highest BCUT2D eigenvalue weighted by atomic mass is 16.4. The van der Waals surface area contributed by atoms with Gasteiger partial charge in [-0.1, -0.05) is 54.0 Å². The maximum atomic E-state index is 14.0. The second-order valence-electron chi connectivity index (χ2n) is 16.5. The second kappa shape index (κ2) is 28.7. The van der Waals surface area contributed by atoms with Crippen LogP contribution >= 0.6 is 0 Å². The highest BCUT2D eigenvalue weighted by Crippen LogP contribution is 2.13. The molecule has 1 aromatic rings. The molecule has 1 aromatic heterocycles. The van der Waals surface area contributed by atoms with E-state index in [1.807, 2.05) is 13.8 Å². The van der Waals surface area contributed by atoms with Crippen LogP contribution in [-0.2, 0) is 44.8 Å². The van der Waals surface area contributed by atoms with E-state index in [1.54, 1.807) is 39.8 Å². The first-order valence-corrected chi connectivity index (χ1v) is 21.4. The van der Waals surface area contributed by atoms with E-state index in [9.17, 15) is 58.8 Å². The number of amides is 7. The van der Waals surface area contributed by atoms with Gasteiger partial charge in [-0.3, -0.25) is 43.5 Å². The zero-order valence-corrected chi connectivity index (χ0v) is 38.1. The first kappa shape index (κ1) is 57.0. The van der Waals surface area contributed by atoms with Crippen molar-refractivity contribution in [3.8, 4) is 0 Å². The molecular formula is C41H70N12O12. The van der Waals surface area contributed by atoms with Gasteiger partial charge in [0.05, 0.1) is 25.4 Å². The summed E-state index contributed by atoms with van der Waals surface area (Å²) in [4.78, 5) is 113. The van der Waals surface area contributed by atoms with Crippen LogP contribution in [0.5, 0.6) is 0 Å². The van der Waals surface area contributed by atoms with Gasteiger partial charge in [-0.15, -0.1) is 0 Å². The van der Waals surface area contributed by atoms with Gasteiger partial charge >= 0.3 is 5.97 Å². The molecule has 366 valence electrons. The lowest BCUT2D eigenvalue weighted by Crippen LogP contribution is -2.62. The molecule has 0 aliphatic heterocycles. The molecule has 65 heavy (non-hydrogen) atoms. The van der Waals surface area contributed by atoms with Crippen LogP contribution < -0.4 is 54.4 Å². The SMILES string of the molecule is CC[C@H](C)[C@H](NC(=O)[C@@H](CCCN=C(N)N)NC(=O)[C@H](CC(C)C)NC(=O)[C@@H](N)[C@H](O)C(C)C)C(=O)N[C@H](C(=O)NCC(=O)N[C@@H](Cc1cccnc1)C(=O)N[C@@H](CO)C(=O)O)[C@H](C)O. The minimum atomic E-state index is -1.68. The molecule has 0 aliphatic carbocycles. The Kier molecular flexibility index (Phi) is 25.2. The fourth-order valence-electron chi connectivity index (χ4n) is 6.13. The molecule has 17 N–H and O–H groups in total. The predicted octanol–water partition coefficient (Wildman–Crippen LogP) is -4.40. The van der Waals surface area contributed by atoms with E-state index in [1.165, 1.54) is 19.3 Å². The van der Waals surface area contributed by atoms with Gasteiger partial charge in [0.15, 0.2) is 5.96 Å². The number of hydrogen-bond acceptors (Lipinski definition) is 14. The summed E-state index contributed by atoms with van der Waals surface area (Å²) in [7, 11) is 0. The van der Waals surface area contributed by atoms with E-state index in [0.717, 1.165) is 0 Å². The van der Waals surface area contributed by atoms with Gasteiger partial charge in [-0.2, -0.15) is 0 Å². The number of aliphatic carboxylic acids is 1. The zero-order chi connectivity index (χ0) is 49.6. The molecule has 24 heteroatoms. The summed E-state index contributed by atoms with van der Waals surface area (Å²) in [6.07, 6.45) is 0.588. The van der Waals surface area contributed by atoms with Crippen molar-refractivity contribution >= 4 is 53.3 Å². The Labute approximate surface area is 378 Å². The Hall–Kier alpha value is -5.98. The Bertz CT molecular complexity index is 1760. The van der Waals surface area contributed by atoms with E-state index in [2.05, 4.69) is 47.2 Å². The average Bonchev–Trinajstić information content (AvgIpc) is 3.24. The van der Waals surface area contributed by atoms with E-state index in [0.29, 0.717) is 12.0 Å². The lowest BCUT2D eigenvalue weighted by atomic mass is 9.96. The summed E-state index contributed by atoms with van der Waals surface area (Å²) in [5.74, 6) is -8.96. The number of aliphatic hydroxyl groups excluding tert-OH is 3. The molecule has 0 bridgehead atoms. The standard InChI is InChI=1S/C41H70N12O12/c1-8-22(6)31(52-34(58)25(12-10-14-46-41(43)44)49-35(59)26(15-20(2)3)50-37(61)30(42)33(57)21(4)5)39(63)53-32(23(7)55)38(62)47-18-29(56)48-27(16-24-11-9-13-45-17-24)36(60)51-28(19-54)40(64)65/h9,11,13,17,20-23,25-28,30-33,54-55,57H,8,10,12,14-16,18-19,42H2,1-7H3,(H,47,62)(H,48,56)(H,49,59)(H,50,61)(H,51,60)(H,52,58)(H,53,63)(H,64,65)(H4,43,44,46)/t22-,23-,25+,26-,27-,28-,30-,31-,32-,33+/m0/s1. The van der Waals surface area contributed by atoms with Crippen LogP contribution in [0.15, 0.2) is 29.5 Å². The van der Waals surface area contributed by atoms with E-state index in [-0.39, 0.29) is 50.0 Å². The molecule has 0 aromatic carbocycles. The lowest BCUT2D eigenvalue weighted by molar-refractivity contribution is -0.143. The molecule has 24 nitrogen and oxygen atoms in total. The third-order valence-corrected chi connectivity index (χ3v) is 10.2. The lowest BCUT2D eigenvalue weighted by Gasteiger charge is -2.30. The van der Waals surface area contributed by atoms with Crippen molar-refractivity contribution in [3.05, 3.63) is 30.1 Å². The summed E-state index contributed by atoms with van der Waals surface area (Å²) < 4.78 is 0. The van der Waals surface area contributed by atoms with Gasteiger partial charge in [-0.05, 0) is 55.6 Å². The first-order chi connectivity index (χ1) is 30.4. The van der Waals surface area contributed by atoms with Crippen LogP contribution in [-0.4, -0.2) is 153 Å². The fraction of sp³-hybridized carbons (Fsp3) is 0.659. The number of hydrogen-bond donors (Lipinski definition) is 14. The van der Waals surface area contributed by atoms with Crippen molar-refractivity contribution in [2.75, 3.05) is 19.7 Å². The molecule has 1 rings (SSSR count). The molecule has 0 radical (unpaired) electrons. The van der Waals surface area contributed by atoms with Gasteiger partial charge in [0, 0.05) is 25.4 Å². The normalized spacial score (nSPS) is 15.8. The number of pyridine rings is 1. The minimum absolute atomic E-state index is 0.0375. The molecular weight excluding hydrogens is 853 g/mol. The molecule has 7 amide bonds. The Morgan fingerprint density at radius 2 is 1.34 bits per heavy atom. The number of rotatable bonds is 29. The third-order valence-electron chi connectivity index (χ3n) is 10.2. The molecule has 0 unspecified atom stereocenters. The van der Waals surface area contributed by atoms with Gasteiger partial charge in [-0.25, -0.2) is 4.79 Å². The number of carboxylic acid groups (broad SMARTS) is 1. The predicted molar refractivity (Wildman–Crippen MR) is 237 cm³/mol. The van der Waals surface area contributed by atoms with Crippen LogP contribution in [0.4, 0.5) is 0 Å². The summed E-state index contributed by atoms with van der Waals surface area (Å²) in [5, 5.41) is 56.7. The van der Waals surface area contributed by atoms with Crippen LogP contribution in [0.3, 0.4) is 0 Å². The Morgan fingerprint density at radius 1 is 0.754 bits per heavy atom. The zero-order valence-electron chi connectivity index (χ0n) is 38.1. The van der Waals surface area contributed by atoms with Crippen molar-refractivity contribution in [2.24, 2.45) is 39.9 Å². The number of nitrogens with two attached hydrogens (primary N) is 3. The molecule has 10 atom stereocenters. The van der Waals surface area contributed by atoms with Crippen LogP contribution in [0.1, 0.15) is 79.7 Å². The topological polar surface area (TPSA) is 405 Å². The fourth-order valence-corrected chi connectivity index (χ4v) is 6.13. The van der Waals surface area contributed by atoms with Crippen LogP contribution in [0, 0.1) is 17.8 Å². The largest absolute Gasteiger partial charge is 0.480 e. The van der Waals surface area contributed by atoms with E-state index < -0.39 is 121 Å². The van der Waals surface area contributed by atoms with Crippen molar-refractivity contribution < 1.29 is 58.8 Å². The molecule has 0 fully saturated rings. The molecule has 0 saturated heterocycles. The maximum Gasteiger partial charge on any atom is 0.328 e. The number of aliphatic hydroxyl groups is 3. The Morgan fingerprint density at radius 3 is 1.86 bits per heavy atom. The second-order valence-corrected chi connectivity index (χ2v) is 16.5. The molecule has 0 saturated carbocycles. The first-order valence-electron chi connectivity index (χ1n) is 21.4. The summed E-state index contributed by atoms with van der Waals surface area (Å²) in [6.45, 7) is 9.89. The number of carbonyl (C=O) groups is 8. The third kappa shape index (κ3) is 20.6. The van der Waals surface area contributed by atoms with Crippen LogP contribution in [0.25, 0.3) is 0 Å². The van der Waals surface area contributed by atoms with Crippen molar-refractivity contribution in [1.82, 2.24) is 42.2 Å². The highest BCUT2D eigenvalue weighted by Gasteiger charge is 2.36. The number of nitrogens with one attached hydrogen (secondary N) is 7. The van der Waals surface area contributed by atoms with E-state index in [4.69, 9.17) is 17.2 Å². The molecule has 0 aliphatic rings. The number of guanidine groups is 1. The number of aromatic nitrogens is 1. The monoisotopic (exact) mass is 923 g/mol. The number of carbonyl (C=O) groups excluding carboxylic acids is 7. The van der Waals surface area contributed by atoms with Crippen molar-refractivity contribution in [1.29, 1.82) is 0 Å². The summed E-state index contributed by atoms with van der Waals surface area (Å²) in [6, 6.07) is -6.74. The molecule has 0 spiro atoms. The van der Waals surface area contributed by atoms with Gasteiger partial charge < -0.3 is 74.8 Å². The van der Waals surface area contributed by atoms with Crippen molar-refractivity contribution in [2.45, 2.75) is 135 Å². The maximum absolute atomic E-state index is 14.0. The number of nitrogens with zero attached hydrogens (tertiary/aromatic N) is 2. The van der Waals surface area contributed by atoms with Gasteiger partial charge in [0.2, 0.25) is 41.4 Å². The quantitative estimate of drug-likeness (QED) is 0.0205. The Balaban J connectivity index is 3.28. The van der Waals surface area contributed by atoms with Gasteiger partial charge in [0.1, 0.15) is 42.3 Å². The van der Waals surface area contributed by atoms with Gasteiger partial charge in [0.25, 0.3) is 0 Å². The highest BCUT2D eigenvalue weighted by molar-refractivity contribution is 5.97. The minimum Gasteiger partial charge on any atom is -0.480 e. The number of aliphatic imine (C=N–C) groups is 1. The smallest absolute Gasteiger partial charge is 0.328 e. The molecule has 1 heterocycles. The average molecular weight is 923 g/mol. The summed E-state index contributed by atoms with van der Waals surface area (Å²) >= 11 is 0. The van der Waals surface area contributed by atoms with Crippen LogP contribution in [0.2, 0.25) is 0 Å². The number of carboxylic acids is 1.